The van der Waals surface area contributed by atoms with Crippen LogP contribution in [-0.2, 0) is 29.2 Å². The van der Waals surface area contributed by atoms with Crippen LogP contribution >= 0.6 is 0 Å². The Kier molecular flexibility index (Phi) is 3.34. The van der Waals surface area contributed by atoms with Crippen LogP contribution in [0, 0.1) is 0 Å². The molecular weight excluding hydrogens is 327 g/mol. The van der Waals surface area contributed by atoms with E-state index in [0.717, 1.165) is 13.0 Å². The number of rotatable bonds is 2. The molecule has 0 aromatic heterocycles. The molecule has 1 heterocycles. The van der Waals surface area contributed by atoms with Gasteiger partial charge < -0.3 is 0 Å². The quantitative estimate of drug-likeness (QED) is 0.699. The SMILES string of the molecule is COC(=O)[C@@H]1C[C@H]([N]=[Pt])CN1. The van der Waals surface area contributed by atoms with Crippen LogP contribution in [-0.4, -0.2) is 31.7 Å². The second-order valence-electron chi connectivity index (χ2n) is 2.46. The van der Waals surface area contributed by atoms with Gasteiger partial charge in [-0.2, -0.15) is 0 Å². The van der Waals surface area contributed by atoms with E-state index >= 15 is 0 Å². The van der Waals surface area contributed by atoms with Crippen LogP contribution in [0.1, 0.15) is 6.42 Å². The summed E-state index contributed by atoms with van der Waals surface area (Å²) in [6.07, 6.45) is 0.760. The molecule has 2 atom stereocenters. The molecule has 0 aromatic rings. The van der Waals surface area contributed by atoms with Crippen LogP contribution < -0.4 is 5.32 Å². The van der Waals surface area contributed by atoms with Gasteiger partial charge >= 0.3 is 76.1 Å². The third kappa shape index (κ3) is 2.17. The van der Waals surface area contributed by atoms with Crippen LogP contribution in [0.2, 0.25) is 0 Å². The Balaban J connectivity index is 2.41. The van der Waals surface area contributed by atoms with E-state index in [0.29, 0.717) is 0 Å². The standard InChI is InChI=1S/C6H10N2O2.Pt/c1-10-6(9)5-2-4(7)3-8-5;/h4-5,8H,2-3H2,1H3;/t4-,5-;/m0./s1. The monoisotopic (exact) mass is 337 g/mol. The molecule has 0 bridgehead atoms. The van der Waals surface area contributed by atoms with E-state index in [1.54, 1.807) is 0 Å². The number of ether oxygens (including phenoxy) is 1. The van der Waals surface area contributed by atoms with Crippen molar-refractivity contribution in [3.8, 4) is 0 Å². The zero-order chi connectivity index (χ0) is 8.27. The van der Waals surface area contributed by atoms with E-state index in [4.69, 9.17) is 0 Å². The summed E-state index contributed by atoms with van der Waals surface area (Å²) in [4.78, 5) is 10.9. The normalized spacial score (nSPS) is 30.1. The second-order valence-corrected chi connectivity index (χ2v) is 3.04. The zero-order valence-electron chi connectivity index (χ0n) is 6.15. The fourth-order valence-electron chi connectivity index (χ4n) is 1.10. The molecule has 66 valence electrons. The third-order valence-corrected chi connectivity index (χ3v) is 2.54. The van der Waals surface area contributed by atoms with Crippen molar-refractivity contribution in [1.82, 2.24) is 5.32 Å². The van der Waals surface area contributed by atoms with E-state index in [-0.39, 0.29) is 18.1 Å². The molecule has 5 heteroatoms. The van der Waals surface area contributed by atoms with Crippen LogP contribution in [0.5, 0.6) is 0 Å². The molecule has 0 aromatic carbocycles. The summed E-state index contributed by atoms with van der Waals surface area (Å²) < 4.78 is 8.64. The van der Waals surface area contributed by atoms with E-state index in [2.05, 4.69) is 13.5 Å². The molecule has 1 saturated heterocycles. The van der Waals surface area contributed by atoms with Crippen molar-refractivity contribution in [2.24, 2.45) is 3.50 Å². The van der Waals surface area contributed by atoms with Crippen molar-refractivity contribution in [1.29, 1.82) is 0 Å². The van der Waals surface area contributed by atoms with Crippen molar-refractivity contribution >= 4 is 5.97 Å². The van der Waals surface area contributed by atoms with Gasteiger partial charge in [0, 0.05) is 0 Å². The summed E-state index contributed by atoms with van der Waals surface area (Å²) in [5, 5.41) is 3.04. The Morgan fingerprint density at radius 1 is 1.82 bits per heavy atom. The van der Waals surface area contributed by atoms with Crippen LogP contribution in [0.15, 0.2) is 3.50 Å². The van der Waals surface area contributed by atoms with Gasteiger partial charge in [0.1, 0.15) is 0 Å². The average Bonchev–Trinajstić information content (AvgIpc) is 2.50. The first-order valence-electron chi connectivity index (χ1n) is 3.37. The number of carbonyl (C=O) groups excluding carboxylic acids is 1. The van der Waals surface area contributed by atoms with Crippen LogP contribution in [0.4, 0.5) is 0 Å². The summed E-state index contributed by atoms with van der Waals surface area (Å²) in [5.74, 6) is -0.187. The van der Waals surface area contributed by atoms with E-state index < -0.39 is 0 Å². The van der Waals surface area contributed by atoms with Gasteiger partial charge in [-0.1, -0.05) is 0 Å². The van der Waals surface area contributed by atoms with Gasteiger partial charge in [0.05, 0.1) is 0 Å². The van der Waals surface area contributed by atoms with Crippen LogP contribution in [0.3, 0.4) is 0 Å². The Morgan fingerprint density at radius 3 is 3.00 bits per heavy atom. The molecule has 0 aliphatic carbocycles. The predicted octanol–water partition coefficient (Wildman–Crippen LogP) is -0.380. The number of esters is 1. The van der Waals surface area contributed by atoms with Gasteiger partial charge in [-0.05, 0) is 0 Å². The van der Waals surface area contributed by atoms with Crippen molar-refractivity contribution in [3.05, 3.63) is 0 Å². The fourth-order valence-corrected chi connectivity index (χ4v) is 1.55. The number of carbonyl (C=O) groups is 1. The number of nitrogens with one attached hydrogen (secondary N) is 1. The van der Waals surface area contributed by atoms with E-state index in [1.165, 1.54) is 7.11 Å². The molecule has 1 aliphatic heterocycles. The molecule has 0 radical (unpaired) electrons. The average molecular weight is 337 g/mol. The molecule has 1 rings (SSSR count). The van der Waals surface area contributed by atoms with Gasteiger partial charge in [-0.25, -0.2) is 0 Å². The van der Waals surface area contributed by atoms with Gasteiger partial charge in [0.15, 0.2) is 0 Å². The maximum atomic E-state index is 10.9. The Bertz CT molecular complexity index is 174. The molecule has 4 nitrogen and oxygen atoms in total. The number of nitrogens with zero attached hydrogens (tertiary/aromatic N) is 1. The van der Waals surface area contributed by atoms with Crippen molar-refractivity contribution in [2.45, 2.75) is 18.5 Å². The first-order chi connectivity index (χ1) is 5.27. The summed E-state index contributed by atoms with van der Waals surface area (Å²) in [5.41, 5.74) is 0. The zero-order valence-corrected chi connectivity index (χ0v) is 8.42. The van der Waals surface area contributed by atoms with Gasteiger partial charge in [-0.15, -0.1) is 0 Å². The van der Waals surface area contributed by atoms with E-state index in [1.807, 2.05) is 19.6 Å². The van der Waals surface area contributed by atoms with Crippen molar-refractivity contribution in [2.75, 3.05) is 13.7 Å². The minimum atomic E-state index is -0.187. The Hall–Kier alpha value is -0.0817. The van der Waals surface area contributed by atoms with Gasteiger partial charge in [0.25, 0.3) is 0 Å². The fraction of sp³-hybridized carbons (Fsp3) is 0.833. The van der Waals surface area contributed by atoms with E-state index in [9.17, 15) is 4.79 Å². The van der Waals surface area contributed by atoms with Crippen LogP contribution in [0.25, 0.3) is 0 Å². The molecule has 1 N–H and O–H groups in total. The topological polar surface area (TPSA) is 50.7 Å². The Morgan fingerprint density at radius 2 is 2.55 bits per heavy atom. The predicted molar refractivity (Wildman–Crippen MR) is 34.6 cm³/mol. The molecule has 1 fully saturated rings. The summed E-state index contributed by atoms with van der Waals surface area (Å²) in [6.45, 7) is 0.781. The number of hydrogen-bond donors (Lipinski definition) is 1. The summed E-state index contributed by atoms with van der Waals surface area (Å²) in [6, 6.07) is 0.115. The van der Waals surface area contributed by atoms with Gasteiger partial charge in [0.2, 0.25) is 0 Å². The maximum absolute atomic E-state index is 10.9. The molecule has 0 amide bonds. The number of methoxy groups -OCH3 is 1. The first kappa shape index (κ1) is 9.01. The molecule has 0 spiro atoms. The first-order valence-corrected chi connectivity index (χ1v) is 4.39. The number of hydrogen-bond acceptors (Lipinski definition) is 4. The summed E-state index contributed by atoms with van der Waals surface area (Å²) >= 11 is 1.95. The molecule has 1 aliphatic rings. The van der Waals surface area contributed by atoms with Crippen molar-refractivity contribution in [3.63, 3.8) is 0 Å². The van der Waals surface area contributed by atoms with Crippen molar-refractivity contribution < 1.29 is 29.2 Å². The second kappa shape index (κ2) is 4.07. The molecular formula is C6H10N2O2Pt. The third-order valence-electron chi connectivity index (χ3n) is 1.71. The summed E-state index contributed by atoms with van der Waals surface area (Å²) in [7, 11) is 1.40. The minimum absolute atomic E-state index is 0.149. The molecule has 0 saturated carbocycles. The molecule has 0 unspecified atom stereocenters. The molecule has 11 heavy (non-hydrogen) atoms. The van der Waals surface area contributed by atoms with Gasteiger partial charge in [-0.3, -0.25) is 0 Å². The Labute approximate surface area is 76.4 Å².